The maximum absolute atomic E-state index is 11.2. The molecular weight excluding hydrogens is 280 g/mol. The maximum atomic E-state index is 11.2. The Hall–Kier alpha value is -1.41. The third-order valence-electron chi connectivity index (χ3n) is 3.57. The minimum Gasteiger partial charge on any atom is -0.364 e. The van der Waals surface area contributed by atoms with E-state index < -0.39 is 15.7 Å². The lowest BCUT2D eigenvalue weighted by Gasteiger charge is -2.31. The molecule has 1 atom stereocenters. The molecule has 0 aromatic carbocycles. The summed E-state index contributed by atoms with van der Waals surface area (Å²) in [6.07, 6.45) is 3.25. The van der Waals surface area contributed by atoms with E-state index in [1.807, 2.05) is 0 Å². The predicted molar refractivity (Wildman–Crippen MR) is 75.2 cm³/mol. The molecule has 8 heteroatoms. The Kier molecular flexibility index (Phi) is 4.44. The molecule has 0 bridgehead atoms. The van der Waals surface area contributed by atoms with Crippen molar-refractivity contribution < 1.29 is 13.2 Å². The zero-order chi connectivity index (χ0) is 14.8. The lowest BCUT2D eigenvalue weighted by atomic mass is 9.95. The zero-order valence-electron chi connectivity index (χ0n) is 11.5. The fourth-order valence-corrected chi connectivity index (χ4v) is 3.07. The second-order valence-corrected chi connectivity index (χ2v) is 7.60. The minimum absolute atomic E-state index is 0.176. The van der Waals surface area contributed by atoms with Crippen molar-refractivity contribution in [1.29, 1.82) is 0 Å². The first kappa shape index (κ1) is 15.0. The van der Waals surface area contributed by atoms with Crippen LogP contribution in [0.5, 0.6) is 0 Å². The van der Waals surface area contributed by atoms with Crippen LogP contribution in [0.3, 0.4) is 0 Å². The minimum atomic E-state index is -2.94. The number of piperidine rings is 1. The maximum Gasteiger partial charge on any atom is 0.269 e. The molecule has 1 saturated heterocycles. The molecule has 20 heavy (non-hydrogen) atoms. The monoisotopic (exact) mass is 300 g/mol. The van der Waals surface area contributed by atoms with Crippen LogP contribution in [0.4, 0.5) is 0 Å². The number of likely N-dealkylation sites (tertiary alicyclic amines) is 1. The summed E-state index contributed by atoms with van der Waals surface area (Å²) >= 11 is 0. The average molecular weight is 300 g/mol. The Morgan fingerprint density at radius 3 is 2.95 bits per heavy atom. The number of carbonyl (C=O) groups is 1. The molecule has 112 valence electrons. The van der Waals surface area contributed by atoms with Gasteiger partial charge >= 0.3 is 0 Å². The summed E-state index contributed by atoms with van der Waals surface area (Å²) in [5.74, 6) is -0.129. The Bertz CT molecular complexity index is 581. The molecule has 1 aromatic rings. The van der Waals surface area contributed by atoms with Gasteiger partial charge in [0, 0.05) is 31.0 Å². The molecule has 1 fully saturated rings. The zero-order valence-corrected chi connectivity index (χ0v) is 12.3. The Labute approximate surface area is 118 Å². The molecule has 0 aliphatic carbocycles. The molecule has 0 unspecified atom stereocenters. The van der Waals surface area contributed by atoms with E-state index >= 15 is 0 Å². The fraction of sp³-hybridized carbons (Fsp3) is 0.667. The highest BCUT2D eigenvalue weighted by Gasteiger charge is 2.24. The highest BCUT2D eigenvalue weighted by molar-refractivity contribution is 7.90. The summed E-state index contributed by atoms with van der Waals surface area (Å²) in [7, 11) is -2.94. The van der Waals surface area contributed by atoms with Crippen molar-refractivity contribution in [3.05, 3.63) is 17.5 Å². The van der Waals surface area contributed by atoms with E-state index in [1.165, 1.54) is 6.26 Å². The van der Waals surface area contributed by atoms with E-state index in [0.29, 0.717) is 6.54 Å². The van der Waals surface area contributed by atoms with Gasteiger partial charge in [-0.1, -0.05) is 0 Å². The van der Waals surface area contributed by atoms with E-state index in [0.717, 1.165) is 31.6 Å². The highest BCUT2D eigenvalue weighted by atomic mass is 32.2. The van der Waals surface area contributed by atoms with E-state index in [1.54, 1.807) is 6.07 Å². The van der Waals surface area contributed by atoms with Gasteiger partial charge in [0.2, 0.25) is 0 Å². The van der Waals surface area contributed by atoms with E-state index in [9.17, 15) is 13.2 Å². The van der Waals surface area contributed by atoms with E-state index in [-0.39, 0.29) is 17.4 Å². The SMILES string of the molecule is CS(=O)(=O)CCN1CCC[C@@H](c2cc(C(N)=O)n[nH]2)C1. The molecule has 1 aromatic heterocycles. The van der Waals surface area contributed by atoms with Crippen molar-refractivity contribution in [3.8, 4) is 0 Å². The van der Waals surface area contributed by atoms with Gasteiger partial charge in [0.15, 0.2) is 0 Å². The Balaban J connectivity index is 1.97. The Morgan fingerprint density at radius 1 is 1.60 bits per heavy atom. The smallest absolute Gasteiger partial charge is 0.269 e. The van der Waals surface area contributed by atoms with Crippen LogP contribution < -0.4 is 5.73 Å². The number of rotatable bonds is 5. The van der Waals surface area contributed by atoms with Crippen molar-refractivity contribution >= 4 is 15.7 Å². The number of sulfone groups is 1. The quantitative estimate of drug-likeness (QED) is 0.778. The second-order valence-electron chi connectivity index (χ2n) is 5.34. The third kappa shape index (κ3) is 4.04. The summed E-state index contributed by atoms with van der Waals surface area (Å²) in [6, 6.07) is 1.69. The van der Waals surface area contributed by atoms with Crippen molar-refractivity contribution in [3.63, 3.8) is 0 Å². The summed E-state index contributed by atoms with van der Waals surface area (Å²) in [4.78, 5) is 13.2. The number of hydrogen-bond acceptors (Lipinski definition) is 5. The van der Waals surface area contributed by atoms with Crippen molar-refractivity contribution in [1.82, 2.24) is 15.1 Å². The standard InChI is InChI=1S/C12H20N4O3S/c1-20(18,19)6-5-16-4-2-3-9(8-16)10-7-11(12(13)17)15-14-10/h7,9H,2-6,8H2,1H3,(H2,13,17)(H,14,15)/t9-/m1/s1. The number of nitrogens with zero attached hydrogens (tertiary/aromatic N) is 2. The van der Waals surface area contributed by atoms with Crippen LogP contribution in [0.2, 0.25) is 0 Å². The first-order valence-electron chi connectivity index (χ1n) is 6.60. The van der Waals surface area contributed by atoms with Gasteiger partial charge in [0.25, 0.3) is 5.91 Å². The third-order valence-corrected chi connectivity index (χ3v) is 4.50. The van der Waals surface area contributed by atoms with Crippen molar-refractivity contribution in [2.45, 2.75) is 18.8 Å². The van der Waals surface area contributed by atoms with E-state index in [4.69, 9.17) is 5.73 Å². The number of nitrogens with one attached hydrogen (secondary N) is 1. The van der Waals surface area contributed by atoms with Gasteiger partial charge in [0.1, 0.15) is 15.5 Å². The first-order chi connectivity index (χ1) is 9.35. The average Bonchev–Trinajstić information content (AvgIpc) is 2.86. The van der Waals surface area contributed by atoms with Crippen LogP contribution in [0.15, 0.2) is 6.07 Å². The summed E-state index contributed by atoms with van der Waals surface area (Å²) in [5, 5.41) is 6.74. The van der Waals surface area contributed by atoms with Crippen LogP contribution in [0.25, 0.3) is 0 Å². The number of nitrogens with two attached hydrogens (primary N) is 1. The molecule has 0 saturated carbocycles. The molecule has 1 amide bonds. The number of aromatic amines is 1. The predicted octanol–water partition coefficient (Wildman–Crippen LogP) is -0.267. The number of H-pyrrole nitrogens is 1. The molecule has 1 aliphatic heterocycles. The topological polar surface area (TPSA) is 109 Å². The number of primary amides is 1. The van der Waals surface area contributed by atoms with Gasteiger partial charge < -0.3 is 10.6 Å². The van der Waals surface area contributed by atoms with Crippen LogP contribution in [0.1, 0.15) is 34.9 Å². The summed E-state index contributed by atoms with van der Waals surface area (Å²) < 4.78 is 22.4. The largest absolute Gasteiger partial charge is 0.364 e. The number of carbonyl (C=O) groups excluding carboxylic acids is 1. The summed E-state index contributed by atoms with van der Waals surface area (Å²) in [5.41, 5.74) is 6.32. The van der Waals surface area contributed by atoms with Gasteiger partial charge in [-0.25, -0.2) is 8.42 Å². The molecule has 3 N–H and O–H groups in total. The van der Waals surface area contributed by atoms with Crippen molar-refractivity contribution in [2.24, 2.45) is 5.73 Å². The van der Waals surface area contributed by atoms with Crippen LogP contribution >= 0.6 is 0 Å². The molecule has 7 nitrogen and oxygen atoms in total. The van der Waals surface area contributed by atoms with Gasteiger partial charge in [-0.3, -0.25) is 9.89 Å². The number of hydrogen-bond donors (Lipinski definition) is 2. The molecule has 0 radical (unpaired) electrons. The molecular formula is C12H20N4O3S. The van der Waals surface area contributed by atoms with E-state index in [2.05, 4.69) is 15.1 Å². The molecule has 0 spiro atoms. The Morgan fingerprint density at radius 2 is 2.35 bits per heavy atom. The van der Waals surface area contributed by atoms with Gasteiger partial charge in [-0.2, -0.15) is 5.10 Å². The summed E-state index contributed by atoms with van der Waals surface area (Å²) in [6.45, 7) is 2.23. The van der Waals surface area contributed by atoms with Crippen LogP contribution in [-0.2, 0) is 9.84 Å². The molecule has 2 rings (SSSR count). The van der Waals surface area contributed by atoms with Crippen LogP contribution in [0, 0.1) is 0 Å². The highest BCUT2D eigenvalue weighted by Crippen LogP contribution is 2.25. The lowest BCUT2D eigenvalue weighted by molar-refractivity contribution is 0.0995. The fourth-order valence-electron chi connectivity index (χ4n) is 2.48. The number of aromatic nitrogens is 2. The van der Waals surface area contributed by atoms with Gasteiger partial charge in [0.05, 0.1) is 5.75 Å². The van der Waals surface area contributed by atoms with Crippen LogP contribution in [-0.4, -0.2) is 61.1 Å². The first-order valence-corrected chi connectivity index (χ1v) is 8.66. The number of amides is 1. The molecule has 1 aliphatic rings. The second kappa shape index (κ2) is 5.92. The van der Waals surface area contributed by atoms with Gasteiger partial charge in [-0.15, -0.1) is 0 Å². The lowest BCUT2D eigenvalue weighted by Crippen LogP contribution is -2.37. The van der Waals surface area contributed by atoms with Crippen molar-refractivity contribution in [2.75, 3.05) is 31.6 Å². The molecule has 2 heterocycles. The normalized spacial score (nSPS) is 20.9. The van der Waals surface area contributed by atoms with Gasteiger partial charge in [-0.05, 0) is 25.5 Å².